The highest BCUT2D eigenvalue weighted by Gasteiger charge is 2.08. The van der Waals surface area contributed by atoms with Crippen molar-refractivity contribution in [1.29, 1.82) is 0 Å². The van der Waals surface area contributed by atoms with E-state index in [0.29, 0.717) is 0 Å². The zero-order valence-corrected chi connectivity index (χ0v) is 16.5. The van der Waals surface area contributed by atoms with E-state index in [1.54, 1.807) is 19.6 Å². The number of ether oxygens (including phenoxy) is 1. The molecule has 0 saturated heterocycles. The maximum absolute atomic E-state index is 5.60. The SMILES string of the molecule is COc1cc(C=Cc2ccccc2-n2cnc3ccccc32)ccc1-n1ccnc1. The van der Waals surface area contributed by atoms with Crippen molar-refractivity contribution in [2.75, 3.05) is 7.11 Å². The van der Waals surface area contributed by atoms with Gasteiger partial charge in [-0.25, -0.2) is 9.97 Å². The van der Waals surface area contributed by atoms with Crippen molar-refractivity contribution in [1.82, 2.24) is 19.1 Å². The molecule has 0 aliphatic rings. The molecular weight excluding hydrogens is 372 g/mol. The van der Waals surface area contributed by atoms with Crippen molar-refractivity contribution >= 4 is 23.2 Å². The number of para-hydroxylation sites is 3. The molecule has 0 aliphatic carbocycles. The smallest absolute Gasteiger partial charge is 0.143 e. The van der Waals surface area contributed by atoms with Crippen LogP contribution in [-0.2, 0) is 0 Å². The molecule has 0 saturated carbocycles. The Morgan fingerprint density at radius 1 is 0.867 bits per heavy atom. The molecule has 0 fully saturated rings. The van der Waals surface area contributed by atoms with Crippen molar-refractivity contribution in [2.24, 2.45) is 0 Å². The maximum Gasteiger partial charge on any atom is 0.143 e. The van der Waals surface area contributed by atoms with Gasteiger partial charge in [0.2, 0.25) is 0 Å². The van der Waals surface area contributed by atoms with Gasteiger partial charge in [0.05, 0.1) is 35.8 Å². The highest BCUT2D eigenvalue weighted by molar-refractivity contribution is 5.80. The van der Waals surface area contributed by atoms with Crippen LogP contribution in [0.5, 0.6) is 5.75 Å². The summed E-state index contributed by atoms with van der Waals surface area (Å²) in [4.78, 5) is 8.64. The zero-order chi connectivity index (χ0) is 20.3. The van der Waals surface area contributed by atoms with E-state index in [1.807, 2.05) is 59.6 Å². The first-order valence-corrected chi connectivity index (χ1v) is 9.69. The molecule has 0 amide bonds. The summed E-state index contributed by atoms with van der Waals surface area (Å²) < 4.78 is 9.66. The quantitative estimate of drug-likeness (QED) is 0.377. The first-order chi connectivity index (χ1) is 14.8. The molecule has 0 spiro atoms. The molecule has 30 heavy (non-hydrogen) atoms. The summed E-state index contributed by atoms with van der Waals surface area (Å²) >= 11 is 0. The van der Waals surface area contributed by atoms with E-state index in [4.69, 9.17) is 4.74 Å². The number of imidazole rings is 2. The molecule has 5 aromatic rings. The van der Waals surface area contributed by atoms with Crippen LogP contribution in [-0.4, -0.2) is 26.2 Å². The second-order valence-corrected chi connectivity index (χ2v) is 6.90. The molecule has 0 bridgehead atoms. The lowest BCUT2D eigenvalue weighted by Crippen LogP contribution is -1.96. The van der Waals surface area contributed by atoms with Gasteiger partial charge in [-0.3, -0.25) is 4.57 Å². The van der Waals surface area contributed by atoms with Crippen LogP contribution in [0.4, 0.5) is 0 Å². The molecule has 0 unspecified atom stereocenters. The molecule has 0 atom stereocenters. The molecule has 5 rings (SSSR count). The minimum atomic E-state index is 0.795. The lowest BCUT2D eigenvalue weighted by atomic mass is 10.1. The fourth-order valence-electron chi connectivity index (χ4n) is 3.60. The molecule has 2 aromatic heterocycles. The number of nitrogens with zero attached hydrogens (tertiary/aromatic N) is 4. The van der Waals surface area contributed by atoms with Crippen LogP contribution in [0.2, 0.25) is 0 Å². The monoisotopic (exact) mass is 392 g/mol. The predicted octanol–water partition coefficient (Wildman–Crippen LogP) is 5.39. The molecule has 5 nitrogen and oxygen atoms in total. The van der Waals surface area contributed by atoms with Gasteiger partial charge >= 0.3 is 0 Å². The number of rotatable bonds is 5. The van der Waals surface area contributed by atoms with E-state index in [0.717, 1.165) is 39.3 Å². The van der Waals surface area contributed by atoms with Gasteiger partial charge in [0.25, 0.3) is 0 Å². The number of aromatic nitrogens is 4. The van der Waals surface area contributed by atoms with E-state index in [2.05, 4.69) is 51.0 Å². The molecule has 0 N–H and O–H groups in total. The van der Waals surface area contributed by atoms with E-state index in [-0.39, 0.29) is 0 Å². The molecule has 3 aromatic carbocycles. The number of hydrogen-bond acceptors (Lipinski definition) is 3. The summed E-state index contributed by atoms with van der Waals surface area (Å²) in [6, 6.07) is 22.6. The topological polar surface area (TPSA) is 44.9 Å². The van der Waals surface area contributed by atoms with Crippen LogP contribution < -0.4 is 4.74 Å². The van der Waals surface area contributed by atoms with Gasteiger partial charge < -0.3 is 9.30 Å². The van der Waals surface area contributed by atoms with Crippen molar-refractivity contribution < 1.29 is 4.74 Å². The minimum absolute atomic E-state index is 0.795. The third kappa shape index (κ3) is 3.26. The highest BCUT2D eigenvalue weighted by Crippen LogP contribution is 2.26. The zero-order valence-electron chi connectivity index (χ0n) is 16.5. The third-order valence-electron chi connectivity index (χ3n) is 5.09. The molecule has 5 heteroatoms. The maximum atomic E-state index is 5.60. The van der Waals surface area contributed by atoms with Crippen LogP contribution in [0, 0.1) is 0 Å². The van der Waals surface area contributed by atoms with Gasteiger partial charge in [0.15, 0.2) is 0 Å². The Morgan fingerprint density at radius 2 is 1.73 bits per heavy atom. The van der Waals surface area contributed by atoms with Crippen molar-refractivity contribution in [3.8, 4) is 17.1 Å². The van der Waals surface area contributed by atoms with Crippen molar-refractivity contribution in [3.63, 3.8) is 0 Å². The van der Waals surface area contributed by atoms with Gasteiger partial charge in [-0.1, -0.05) is 48.6 Å². The van der Waals surface area contributed by atoms with Gasteiger partial charge in [-0.2, -0.15) is 0 Å². The lowest BCUT2D eigenvalue weighted by Gasteiger charge is -2.10. The van der Waals surface area contributed by atoms with E-state index < -0.39 is 0 Å². The number of fused-ring (bicyclic) bond motifs is 1. The average Bonchev–Trinajstić information content (AvgIpc) is 3.48. The second kappa shape index (κ2) is 7.72. The fraction of sp³-hybridized carbons (Fsp3) is 0.0400. The second-order valence-electron chi connectivity index (χ2n) is 6.90. The largest absolute Gasteiger partial charge is 0.495 e. The predicted molar refractivity (Wildman–Crippen MR) is 120 cm³/mol. The summed E-state index contributed by atoms with van der Waals surface area (Å²) in [5.41, 5.74) is 6.28. The first-order valence-electron chi connectivity index (χ1n) is 9.69. The summed E-state index contributed by atoms with van der Waals surface area (Å²) in [6.45, 7) is 0. The summed E-state index contributed by atoms with van der Waals surface area (Å²) in [5.74, 6) is 0.795. The Kier molecular flexibility index (Phi) is 4.62. The molecule has 0 aliphatic heterocycles. The molecule has 146 valence electrons. The van der Waals surface area contributed by atoms with Crippen LogP contribution in [0.25, 0.3) is 34.6 Å². The van der Waals surface area contributed by atoms with Crippen LogP contribution in [0.3, 0.4) is 0 Å². The third-order valence-corrected chi connectivity index (χ3v) is 5.09. The Balaban J connectivity index is 1.51. The normalized spacial score (nSPS) is 11.4. The number of hydrogen-bond donors (Lipinski definition) is 0. The van der Waals surface area contributed by atoms with Gasteiger partial charge in [0.1, 0.15) is 12.1 Å². The first kappa shape index (κ1) is 17.9. The molecule has 2 heterocycles. The highest BCUT2D eigenvalue weighted by atomic mass is 16.5. The van der Waals surface area contributed by atoms with E-state index in [9.17, 15) is 0 Å². The Labute approximate surface area is 174 Å². The van der Waals surface area contributed by atoms with E-state index in [1.165, 1.54) is 0 Å². The molecular formula is C25H20N4O. The van der Waals surface area contributed by atoms with Crippen molar-refractivity contribution in [2.45, 2.75) is 0 Å². The summed E-state index contributed by atoms with van der Waals surface area (Å²) in [6.07, 6.45) is 11.5. The summed E-state index contributed by atoms with van der Waals surface area (Å²) in [7, 11) is 1.68. The standard InChI is InChI=1S/C25H20N4O/c1-30-25-16-19(11-13-24(25)28-15-14-26-17-28)10-12-20-6-2-4-8-22(20)29-18-27-21-7-3-5-9-23(21)29/h2-18H,1H3. The van der Waals surface area contributed by atoms with Crippen molar-refractivity contribution in [3.05, 3.63) is 103 Å². The van der Waals surface area contributed by atoms with Gasteiger partial charge in [-0.15, -0.1) is 0 Å². The Hall–Kier alpha value is -4.12. The number of methoxy groups -OCH3 is 1. The average molecular weight is 392 g/mol. The lowest BCUT2D eigenvalue weighted by molar-refractivity contribution is 0.413. The Morgan fingerprint density at radius 3 is 2.60 bits per heavy atom. The minimum Gasteiger partial charge on any atom is -0.495 e. The molecule has 0 radical (unpaired) electrons. The van der Waals surface area contributed by atoms with Crippen LogP contribution in [0.1, 0.15) is 11.1 Å². The van der Waals surface area contributed by atoms with Crippen LogP contribution in [0.15, 0.2) is 91.8 Å². The van der Waals surface area contributed by atoms with Gasteiger partial charge in [-0.05, 0) is 41.5 Å². The summed E-state index contributed by atoms with van der Waals surface area (Å²) in [5, 5.41) is 0. The van der Waals surface area contributed by atoms with Crippen LogP contribution >= 0.6 is 0 Å². The van der Waals surface area contributed by atoms with Gasteiger partial charge in [0, 0.05) is 12.4 Å². The fourth-order valence-corrected chi connectivity index (χ4v) is 3.60. The number of benzene rings is 3. The Bertz CT molecular complexity index is 1330. The van der Waals surface area contributed by atoms with E-state index >= 15 is 0 Å².